The molecule has 0 heterocycles. The van der Waals surface area contributed by atoms with Crippen molar-refractivity contribution in [3.8, 4) is 0 Å². The summed E-state index contributed by atoms with van der Waals surface area (Å²) in [4.78, 5) is 0. The number of rotatable bonds is 4. The Kier molecular flexibility index (Phi) is 4.58. The molecule has 1 rings (SSSR count). The van der Waals surface area contributed by atoms with Gasteiger partial charge in [0.15, 0.2) is 0 Å². The van der Waals surface area contributed by atoms with Gasteiger partial charge in [-0.3, -0.25) is 0 Å². The second kappa shape index (κ2) is 5.50. The lowest BCUT2D eigenvalue weighted by molar-refractivity contribution is 0.191. The summed E-state index contributed by atoms with van der Waals surface area (Å²) in [6.45, 7) is 7.27. The molecule has 2 N–H and O–H groups in total. The van der Waals surface area contributed by atoms with Crippen molar-refractivity contribution in [2.75, 3.05) is 6.54 Å². The van der Waals surface area contributed by atoms with E-state index in [0.29, 0.717) is 6.54 Å². The van der Waals surface area contributed by atoms with Crippen molar-refractivity contribution in [2.24, 2.45) is 0 Å². The quantitative estimate of drug-likeness (QED) is 0.828. The molecule has 0 aromatic heterocycles. The summed E-state index contributed by atoms with van der Waals surface area (Å²) in [7, 11) is 0. The highest BCUT2D eigenvalue weighted by Crippen LogP contribution is 2.19. The van der Waals surface area contributed by atoms with Crippen LogP contribution in [0, 0.1) is 13.8 Å². The van der Waals surface area contributed by atoms with Crippen LogP contribution in [0.5, 0.6) is 0 Å². The highest BCUT2D eigenvalue weighted by Gasteiger charge is 2.04. The van der Waals surface area contributed by atoms with Gasteiger partial charge in [-0.25, -0.2) is 0 Å². The van der Waals surface area contributed by atoms with Crippen LogP contribution in [0.1, 0.15) is 23.6 Å². The van der Waals surface area contributed by atoms with E-state index in [9.17, 15) is 0 Å². The van der Waals surface area contributed by atoms with Gasteiger partial charge in [-0.2, -0.15) is 0 Å². The second-order valence-electron chi connectivity index (χ2n) is 4.00. The molecule has 0 amide bonds. The van der Waals surface area contributed by atoms with Gasteiger partial charge in [0, 0.05) is 18.1 Å². The molecule has 0 bridgehead atoms. The van der Waals surface area contributed by atoms with Gasteiger partial charge in [0.25, 0.3) is 0 Å². The maximum absolute atomic E-state index is 9.13. The van der Waals surface area contributed by atoms with E-state index < -0.39 is 0 Å². The Labute approximate surface area is 96.3 Å². The molecule has 0 radical (unpaired) electrons. The first-order valence-electron chi connectivity index (χ1n) is 5.15. The first-order chi connectivity index (χ1) is 7.00. The zero-order valence-electron chi connectivity index (χ0n) is 9.47. The third-order valence-electron chi connectivity index (χ3n) is 2.40. The Morgan fingerprint density at radius 3 is 2.33 bits per heavy atom. The number of hydrogen-bond donors (Lipinski definition) is 2. The fraction of sp³-hybridized carbons (Fsp3) is 0.500. The van der Waals surface area contributed by atoms with Gasteiger partial charge < -0.3 is 10.4 Å². The first kappa shape index (κ1) is 12.5. The van der Waals surface area contributed by atoms with Crippen LogP contribution >= 0.6 is 11.6 Å². The smallest absolute Gasteiger partial charge is 0.0636 e. The van der Waals surface area contributed by atoms with Crippen molar-refractivity contribution in [3.63, 3.8) is 0 Å². The SMILES string of the molecule is Cc1cc(Cl)cc(C)c1CNC[C@H](C)O. The van der Waals surface area contributed by atoms with Crippen LogP contribution in [0.25, 0.3) is 0 Å². The number of aliphatic hydroxyl groups is 1. The Hall–Kier alpha value is -0.570. The van der Waals surface area contributed by atoms with Crippen molar-refractivity contribution in [2.45, 2.75) is 33.4 Å². The Morgan fingerprint density at radius 2 is 1.87 bits per heavy atom. The number of benzene rings is 1. The van der Waals surface area contributed by atoms with Crippen LogP contribution in [0.15, 0.2) is 12.1 Å². The summed E-state index contributed by atoms with van der Waals surface area (Å²) in [6, 6.07) is 3.93. The molecule has 1 aromatic carbocycles. The lowest BCUT2D eigenvalue weighted by Gasteiger charge is -2.12. The minimum absolute atomic E-state index is 0.307. The molecule has 0 aliphatic heterocycles. The minimum Gasteiger partial charge on any atom is -0.392 e. The maximum Gasteiger partial charge on any atom is 0.0636 e. The summed E-state index contributed by atoms with van der Waals surface area (Å²) in [6.07, 6.45) is -0.307. The van der Waals surface area contributed by atoms with Gasteiger partial charge >= 0.3 is 0 Å². The minimum atomic E-state index is -0.307. The molecule has 0 fully saturated rings. The van der Waals surface area contributed by atoms with Gasteiger partial charge in [-0.15, -0.1) is 0 Å². The molecule has 2 nitrogen and oxygen atoms in total. The normalized spacial score (nSPS) is 12.9. The molecule has 0 saturated carbocycles. The predicted octanol–water partition coefficient (Wildman–Crippen LogP) is 2.43. The van der Waals surface area contributed by atoms with Crippen LogP contribution in [-0.4, -0.2) is 17.8 Å². The molecule has 0 aliphatic rings. The summed E-state index contributed by atoms with van der Waals surface area (Å²) in [5.41, 5.74) is 3.65. The van der Waals surface area contributed by atoms with Gasteiger partial charge in [0.2, 0.25) is 0 Å². The molecule has 0 aliphatic carbocycles. The summed E-state index contributed by atoms with van der Waals surface area (Å²) < 4.78 is 0. The zero-order valence-corrected chi connectivity index (χ0v) is 10.2. The third-order valence-corrected chi connectivity index (χ3v) is 2.62. The molecule has 3 heteroatoms. The maximum atomic E-state index is 9.13. The first-order valence-corrected chi connectivity index (χ1v) is 5.53. The highest BCUT2D eigenvalue weighted by atomic mass is 35.5. The largest absolute Gasteiger partial charge is 0.392 e. The van der Waals surface area contributed by atoms with Crippen molar-refractivity contribution in [1.82, 2.24) is 5.32 Å². The lowest BCUT2D eigenvalue weighted by atomic mass is 10.0. The van der Waals surface area contributed by atoms with Crippen LogP contribution in [-0.2, 0) is 6.54 Å². The lowest BCUT2D eigenvalue weighted by Crippen LogP contribution is -2.24. The van der Waals surface area contributed by atoms with Crippen molar-refractivity contribution in [1.29, 1.82) is 0 Å². The number of nitrogens with one attached hydrogen (secondary N) is 1. The van der Waals surface area contributed by atoms with Crippen molar-refractivity contribution in [3.05, 3.63) is 33.8 Å². The fourth-order valence-electron chi connectivity index (χ4n) is 1.63. The second-order valence-corrected chi connectivity index (χ2v) is 4.43. The third kappa shape index (κ3) is 3.82. The summed E-state index contributed by atoms with van der Waals surface area (Å²) in [5, 5.41) is 13.1. The monoisotopic (exact) mass is 227 g/mol. The average Bonchev–Trinajstić information content (AvgIpc) is 2.08. The number of hydrogen-bond acceptors (Lipinski definition) is 2. The van der Waals surface area contributed by atoms with Gasteiger partial charge in [0.05, 0.1) is 6.10 Å². The van der Waals surface area contributed by atoms with E-state index in [0.717, 1.165) is 11.6 Å². The topological polar surface area (TPSA) is 32.3 Å². The van der Waals surface area contributed by atoms with Gasteiger partial charge in [-0.1, -0.05) is 11.6 Å². The predicted molar refractivity (Wildman–Crippen MR) is 64.3 cm³/mol. The van der Waals surface area contributed by atoms with Crippen LogP contribution in [0.2, 0.25) is 5.02 Å². The Morgan fingerprint density at radius 1 is 1.33 bits per heavy atom. The molecule has 0 unspecified atom stereocenters. The van der Waals surface area contributed by atoms with Crippen molar-refractivity contribution < 1.29 is 5.11 Å². The zero-order chi connectivity index (χ0) is 11.4. The molecular weight excluding hydrogens is 210 g/mol. The summed E-state index contributed by atoms with van der Waals surface area (Å²) in [5.74, 6) is 0. The number of halogens is 1. The van der Waals surface area contributed by atoms with E-state index in [1.165, 1.54) is 16.7 Å². The molecular formula is C12H18ClNO. The molecule has 15 heavy (non-hydrogen) atoms. The van der Waals surface area contributed by atoms with Crippen LogP contribution in [0.4, 0.5) is 0 Å². The number of aryl methyl sites for hydroxylation is 2. The average molecular weight is 228 g/mol. The standard InChI is InChI=1S/C12H18ClNO/c1-8-4-11(13)5-9(2)12(8)7-14-6-10(3)15/h4-5,10,14-15H,6-7H2,1-3H3/t10-/m0/s1. The van der Waals surface area contributed by atoms with Gasteiger partial charge in [-0.05, 0) is 49.6 Å². The Bertz CT molecular complexity index is 313. The van der Waals surface area contributed by atoms with E-state index >= 15 is 0 Å². The van der Waals surface area contributed by atoms with E-state index in [4.69, 9.17) is 16.7 Å². The number of aliphatic hydroxyl groups excluding tert-OH is 1. The van der Waals surface area contributed by atoms with Crippen molar-refractivity contribution >= 4 is 11.6 Å². The molecule has 0 spiro atoms. The van der Waals surface area contributed by atoms with E-state index in [1.807, 2.05) is 12.1 Å². The Balaban J connectivity index is 2.68. The molecule has 0 saturated heterocycles. The van der Waals surface area contributed by atoms with E-state index in [-0.39, 0.29) is 6.10 Å². The van der Waals surface area contributed by atoms with E-state index in [2.05, 4.69) is 19.2 Å². The fourth-order valence-corrected chi connectivity index (χ4v) is 1.95. The molecule has 1 atom stereocenters. The van der Waals surface area contributed by atoms with Gasteiger partial charge in [0.1, 0.15) is 0 Å². The van der Waals surface area contributed by atoms with Crippen LogP contribution in [0.3, 0.4) is 0 Å². The molecule has 1 aromatic rings. The highest BCUT2D eigenvalue weighted by molar-refractivity contribution is 6.30. The van der Waals surface area contributed by atoms with E-state index in [1.54, 1.807) is 6.92 Å². The van der Waals surface area contributed by atoms with Crippen LogP contribution < -0.4 is 5.32 Å². The molecule has 84 valence electrons. The summed E-state index contributed by atoms with van der Waals surface area (Å²) >= 11 is 5.95.